The predicted octanol–water partition coefficient (Wildman–Crippen LogP) is 27.1. The van der Waals surface area contributed by atoms with Crippen molar-refractivity contribution in [2.45, 2.75) is 363 Å². The first-order valence-electron chi connectivity index (χ1n) is 46.2. The zero-order chi connectivity index (χ0) is 88.6. The van der Waals surface area contributed by atoms with Gasteiger partial charge in [0, 0.05) is 145 Å². The Morgan fingerprint density at radius 3 is 1.49 bits per heavy atom. The van der Waals surface area contributed by atoms with E-state index in [-0.39, 0.29) is 0 Å². The highest BCUT2D eigenvalue weighted by Crippen LogP contribution is 2.32. The molecule has 658 valence electrons. The van der Waals surface area contributed by atoms with Crippen molar-refractivity contribution in [2.24, 2.45) is 0 Å². The molecule has 0 saturated carbocycles. The molecule has 0 spiro atoms. The molecule has 121 heavy (non-hydrogen) atoms. The highest BCUT2D eigenvalue weighted by molar-refractivity contribution is 7.15. The lowest BCUT2D eigenvalue weighted by molar-refractivity contribution is 0.445. The molecule has 2 aliphatic heterocycles. The zero-order valence-corrected chi connectivity index (χ0v) is 80.5. The first kappa shape index (κ1) is 98.6. The number of hydrogen-bond donors (Lipinski definition) is 0. The third kappa shape index (κ3) is 26.5. The summed E-state index contributed by atoms with van der Waals surface area (Å²) in [6.07, 6.45) is 31.7. The Kier molecular flexibility index (Phi) is 40.4. The summed E-state index contributed by atoms with van der Waals surface area (Å²) in [5.41, 5.74) is 23.5. The second kappa shape index (κ2) is 49.6. The fraction of sp³-hybridized carbons (Fsp3) is 0.539. The number of benzene rings is 2. The van der Waals surface area contributed by atoms with Crippen LogP contribution in [0.3, 0.4) is 0 Å². The summed E-state index contributed by atoms with van der Waals surface area (Å²) in [6.45, 7) is 66.0. The normalized spacial score (nSPS) is 12.6. The second-order valence-electron chi connectivity index (χ2n) is 33.9. The van der Waals surface area contributed by atoms with Crippen LogP contribution >= 0.6 is 11.3 Å². The molecule has 17 rings (SSSR count). The Balaban J connectivity index is 0.000000187. The highest BCUT2D eigenvalue weighted by Gasteiger charge is 2.24. The van der Waals surface area contributed by atoms with Crippen molar-refractivity contribution in [3.8, 4) is 0 Å². The van der Waals surface area contributed by atoms with E-state index in [0.29, 0.717) is 53.3 Å². The van der Waals surface area contributed by atoms with Crippen molar-refractivity contribution < 1.29 is 4.42 Å². The molecular formula is C102H153N17OS. The smallest absolute Gasteiger partial charge is 0.199 e. The monoisotopic (exact) mass is 1660 g/mol. The number of aryl methyl sites for hydroxylation is 8. The fourth-order valence-corrected chi connectivity index (χ4v) is 16.8. The van der Waals surface area contributed by atoms with Crippen LogP contribution in [0.2, 0.25) is 0 Å². The molecule has 0 saturated heterocycles. The highest BCUT2D eigenvalue weighted by atomic mass is 32.1. The molecule has 0 N–H and O–H groups in total. The number of nitrogens with zero attached hydrogens (tertiary/aromatic N) is 17. The summed E-state index contributed by atoms with van der Waals surface area (Å²) in [7, 11) is 0. The van der Waals surface area contributed by atoms with Gasteiger partial charge in [0.1, 0.15) is 22.9 Å². The van der Waals surface area contributed by atoms with Gasteiger partial charge in [0.25, 0.3) is 0 Å². The minimum atomic E-state index is 0.405. The topological polar surface area (TPSA) is 167 Å². The van der Waals surface area contributed by atoms with Crippen molar-refractivity contribution in [3.05, 3.63) is 248 Å². The number of imidazole rings is 4. The lowest BCUT2D eigenvalue weighted by Crippen LogP contribution is -2.13. The van der Waals surface area contributed by atoms with E-state index in [9.17, 15) is 0 Å². The van der Waals surface area contributed by atoms with Crippen LogP contribution in [0.4, 0.5) is 0 Å². The minimum absolute atomic E-state index is 0.405. The van der Waals surface area contributed by atoms with Crippen LogP contribution in [-0.4, -0.2) is 81.8 Å². The first-order valence-corrected chi connectivity index (χ1v) is 47.1. The largest absolute Gasteiger partial charge is 0.445 e. The summed E-state index contributed by atoms with van der Waals surface area (Å²) in [5, 5.41) is 21.6. The number of hydrogen-bond acceptors (Lipinski definition) is 11. The van der Waals surface area contributed by atoms with Gasteiger partial charge in [-0.05, 0) is 198 Å². The van der Waals surface area contributed by atoms with E-state index >= 15 is 0 Å². The van der Waals surface area contributed by atoms with Crippen LogP contribution in [-0.2, 0) is 77.7 Å². The molecule has 0 amide bonds. The van der Waals surface area contributed by atoms with E-state index < -0.39 is 0 Å². The van der Waals surface area contributed by atoms with Gasteiger partial charge in [-0.15, -0.1) is 11.3 Å². The summed E-state index contributed by atoms with van der Waals surface area (Å²) in [5.74, 6) is 8.15. The van der Waals surface area contributed by atoms with Gasteiger partial charge in [-0.3, -0.25) is 23.1 Å². The fourth-order valence-electron chi connectivity index (χ4n) is 16.1. The van der Waals surface area contributed by atoms with Crippen molar-refractivity contribution in [1.29, 1.82) is 0 Å². The molecule has 3 aliphatic rings. The number of thiazole rings is 1. The van der Waals surface area contributed by atoms with E-state index in [0.717, 1.165) is 84.6 Å². The molecule has 0 radical (unpaired) electrons. The molecule has 0 unspecified atom stereocenters. The van der Waals surface area contributed by atoms with Gasteiger partial charge >= 0.3 is 0 Å². The number of fused-ring (bicyclic) bond motifs is 7. The van der Waals surface area contributed by atoms with Crippen molar-refractivity contribution >= 4 is 38.5 Å². The Morgan fingerprint density at radius 2 is 0.942 bits per heavy atom. The third-order valence-electron chi connectivity index (χ3n) is 22.1. The summed E-state index contributed by atoms with van der Waals surface area (Å²) in [4.78, 5) is 23.0. The van der Waals surface area contributed by atoms with Gasteiger partial charge in [0.2, 0.25) is 0 Å². The zero-order valence-electron chi connectivity index (χ0n) is 79.7. The van der Waals surface area contributed by atoms with Crippen LogP contribution in [0.25, 0.3) is 27.2 Å². The maximum Gasteiger partial charge on any atom is 0.199 e. The minimum Gasteiger partial charge on any atom is -0.445 e. The molecule has 14 aromatic rings. The van der Waals surface area contributed by atoms with Gasteiger partial charge in [-0.1, -0.05) is 227 Å². The maximum absolute atomic E-state index is 5.86. The van der Waals surface area contributed by atoms with Crippen LogP contribution in [0, 0.1) is 6.92 Å². The first-order chi connectivity index (χ1) is 58.2. The maximum atomic E-state index is 5.86. The summed E-state index contributed by atoms with van der Waals surface area (Å²) in [6, 6.07) is 30.8. The quantitative estimate of drug-likeness (QED) is 0.0908. The Hall–Kier alpha value is -9.49. The molecule has 0 fully saturated rings. The predicted molar refractivity (Wildman–Crippen MR) is 510 cm³/mol. The Bertz CT molecular complexity index is 5120. The molecule has 2 aromatic carbocycles. The Labute approximate surface area is 731 Å². The van der Waals surface area contributed by atoms with Crippen molar-refractivity contribution in [2.75, 3.05) is 0 Å². The van der Waals surface area contributed by atoms with Crippen LogP contribution in [0.15, 0.2) is 150 Å². The number of aromatic nitrogens is 17. The van der Waals surface area contributed by atoms with E-state index in [2.05, 4.69) is 297 Å². The van der Waals surface area contributed by atoms with Gasteiger partial charge in [0.15, 0.2) is 10.9 Å². The van der Waals surface area contributed by atoms with E-state index in [4.69, 9.17) is 9.52 Å². The Morgan fingerprint density at radius 1 is 0.430 bits per heavy atom. The summed E-state index contributed by atoms with van der Waals surface area (Å²) < 4.78 is 23.3. The van der Waals surface area contributed by atoms with Gasteiger partial charge < -0.3 is 17.8 Å². The average molecular weight is 1670 g/mol. The lowest BCUT2D eigenvalue weighted by Gasteiger charge is -2.17. The molecule has 1 aliphatic carbocycles. The molecule has 14 heterocycles. The third-order valence-corrected chi connectivity index (χ3v) is 22.8. The number of pyridine rings is 2. The molecule has 19 heteroatoms. The number of rotatable bonds is 16. The number of oxazole rings is 1. The molecule has 18 nitrogen and oxygen atoms in total. The van der Waals surface area contributed by atoms with Gasteiger partial charge in [0.05, 0.1) is 35.0 Å². The second-order valence-corrected chi connectivity index (χ2v) is 34.8. The van der Waals surface area contributed by atoms with Crippen molar-refractivity contribution in [1.82, 2.24) is 81.8 Å². The average Bonchev–Trinajstić information content (AvgIpc) is 1.64. The van der Waals surface area contributed by atoms with E-state index in [1.807, 2.05) is 119 Å². The summed E-state index contributed by atoms with van der Waals surface area (Å²) >= 11 is 1.68. The van der Waals surface area contributed by atoms with Crippen LogP contribution in [0.1, 0.15) is 381 Å². The standard InChI is InChI=1S/C15H19NO.C12H20N2.C12H16N2.C11H20N2.C10H16N2.2C10H12N2.C10H16N2.C8H10N2S.2C2H6/c1-4-13-15(11(2)3)17-14(16-13)10-12-8-6-5-7-9-12;2*1-4-14-12(9(2)3)10-7-5-6-8-11(10)13-14;1-6-10-9(5)11(8(3)4)13(7-2)12-10;3*1-8(2)9-7-11-10-5-3-4-6-12(9)10;1-8(2)9-7-11-12-6-4-3-5-10(9)12;1-6(2)7-5-9-8-10(7)3-4-11-8;2*1-2/h5-9,11H,4,10H2,1-3H3;9H,4-8H2,1-3H3;5-9H,4H2,1-3H3;8H,6-7H2,1-5H3;7-8H,3-6H2,1-2H3;2*3-8H,1-2H3;7-8H,3-6H2,1-2H3;3-6H,1-2H3;2*1-2H3. The molecule has 0 bridgehead atoms. The van der Waals surface area contributed by atoms with Gasteiger partial charge in [-0.2, -0.15) is 20.4 Å². The lowest BCUT2D eigenvalue weighted by atomic mass is 9.92. The van der Waals surface area contributed by atoms with Crippen LogP contribution < -0.4 is 0 Å². The van der Waals surface area contributed by atoms with E-state index in [1.165, 1.54) is 156 Å². The van der Waals surface area contributed by atoms with Crippen LogP contribution in [0.5, 0.6) is 0 Å². The van der Waals surface area contributed by atoms with Gasteiger partial charge in [-0.25, -0.2) is 24.9 Å². The SMILES string of the molecule is CC.CC.CC(C)c1cnc2ccccn12.CC(C)c1cnc2ccccn12.CC(C)c1cnc2n1CCCC2.CC(C)c1cnc2sccn12.CC(C)c1cnn2c1CCCC2.CCc1nc(Cc2ccccc2)oc1C(C)C.CCc1nn(CC)c(C(C)C)c1C.CCn1nc2c(c1C(C)C)CCCC2.CCn1nc2ccccc2c1C(C)C. The molecular weight excluding hydrogens is 1510 g/mol. The molecule has 12 aromatic heterocycles. The molecule has 0 atom stereocenters. The van der Waals surface area contributed by atoms with E-state index in [1.54, 1.807) is 16.9 Å². The van der Waals surface area contributed by atoms with Crippen molar-refractivity contribution in [3.63, 3.8) is 0 Å².